The van der Waals surface area contributed by atoms with E-state index in [0.29, 0.717) is 17.9 Å². The number of nitrogens with one attached hydrogen (secondary N) is 2. The predicted octanol–water partition coefficient (Wildman–Crippen LogP) is 6.40. The lowest BCUT2D eigenvalue weighted by Crippen LogP contribution is -2.40. The van der Waals surface area contributed by atoms with Crippen molar-refractivity contribution in [3.63, 3.8) is 0 Å². The molecule has 0 unspecified atom stereocenters. The molecule has 0 spiro atoms. The highest BCUT2D eigenvalue weighted by molar-refractivity contribution is 5.75. The van der Waals surface area contributed by atoms with Crippen LogP contribution in [0.4, 0.5) is 44.3 Å². The number of urea groups is 1. The molecule has 0 saturated carbocycles. The van der Waals surface area contributed by atoms with E-state index in [2.05, 4.69) is 15.6 Å². The molecule has 44 heavy (non-hydrogen) atoms. The molecular formula is C27H24F9N3O5. The first-order chi connectivity index (χ1) is 20.4. The van der Waals surface area contributed by atoms with Gasteiger partial charge in [0.15, 0.2) is 11.5 Å². The molecule has 0 bridgehead atoms. The summed E-state index contributed by atoms with van der Waals surface area (Å²) in [5, 5.41) is 12.1. The van der Waals surface area contributed by atoms with Crippen molar-refractivity contribution in [3.8, 4) is 11.5 Å². The molecule has 240 valence electrons. The smallest absolute Gasteiger partial charge is 0.490 e. The van der Waals surface area contributed by atoms with Crippen LogP contribution in [0.15, 0.2) is 60.8 Å². The Labute approximate surface area is 243 Å². The number of methoxy groups -OCH3 is 2. The Hall–Kier alpha value is -4.70. The van der Waals surface area contributed by atoms with Crippen LogP contribution in [-0.2, 0) is 23.6 Å². The van der Waals surface area contributed by atoms with Crippen molar-refractivity contribution in [2.24, 2.45) is 0 Å². The Kier molecular flexibility index (Phi) is 11.8. The van der Waals surface area contributed by atoms with E-state index in [0.717, 1.165) is 48.2 Å². The molecule has 2 amide bonds. The van der Waals surface area contributed by atoms with Gasteiger partial charge in [-0.05, 0) is 53.9 Å². The number of alkyl halides is 9. The number of hydrogen-bond acceptors (Lipinski definition) is 5. The van der Waals surface area contributed by atoms with Crippen molar-refractivity contribution >= 4 is 12.0 Å². The third-order valence-electron chi connectivity index (χ3n) is 5.65. The van der Waals surface area contributed by atoms with Crippen molar-refractivity contribution in [1.29, 1.82) is 0 Å². The van der Waals surface area contributed by atoms with Crippen LogP contribution in [-0.4, -0.2) is 49.0 Å². The molecule has 0 aliphatic carbocycles. The minimum atomic E-state index is -5.08. The number of amides is 2. The van der Waals surface area contributed by atoms with Gasteiger partial charge in [0.2, 0.25) is 0 Å². The quantitative estimate of drug-likeness (QED) is 0.246. The van der Waals surface area contributed by atoms with Gasteiger partial charge in [-0.1, -0.05) is 18.2 Å². The minimum Gasteiger partial charge on any atom is -0.493 e. The number of aromatic nitrogens is 1. The molecule has 17 heteroatoms. The number of benzene rings is 2. The van der Waals surface area contributed by atoms with E-state index < -0.39 is 53.4 Å². The van der Waals surface area contributed by atoms with Gasteiger partial charge in [-0.3, -0.25) is 4.98 Å². The fourth-order valence-electron chi connectivity index (χ4n) is 3.60. The van der Waals surface area contributed by atoms with Gasteiger partial charge in [-0.15, -0.1) is 0 Å². The second-order valence-electron chi connectivity index (χ2n) is 8.63. The maximum atomic E-state index is 13.7. The molecular weight excluding hydrogens is 617 g/mol. The van der Waals surface area contributed by atoms with E-state index in [4.69, 9.17) is 19.4 Å². The number of rotatable bonds is 8. The summed E-state index contributed by atoms with van der Waals surface area (Å²) in [5.41, 5.74) is -1.87. The van der Waals surface area contributed by atoms with Crippen LogP contribution in [0.3, 0.4) is 0 Å². The van der Waals surface area contributed by atoms with Crippen molar-refractivity contribution < 1.29 is 63.7 Å². The lowest BCUT2D eigenvalue weighted by Gasteiger charge is -2.23. The standard InChI is InChI=1S/C25H23F6N3O3.C2HF3O2/c1-36-19-10-5-15(14-20(19)37-2)11-13-33-23(35)34-21(16-6-8-17(9-7-16)24(26,27)28)22-18(25(29,30)31)4-3-12-32-22;3-2(4,5)1(6)7/h3-10,12,14,21H,11,13H2,1-2H3,(H2,33,34,35);(H,6,7)/t21-;/m0./s1. The van der Waals surface area contributed by atoms with Crippen molar-refractivity contribution in [2.75, 3.05) is 20.8 Å². The number of carboxylic acids is 1. The largest absolute Gasteiger partial charge is 0.493 e. The third kappa shape index (κ3) is 10.2. The number of carbonyl (C=O) groups is 2. The van der Waals surface area contributed by atoms with E-state index in [1.54, 1.807) is 18.2 Å². The van der Waals surface area contributed by atoms with Gasteiger partial charge in [0, 0.05) is 12.7 Å². The minimum absolute atomic E-state index is 0.00718. The third-order valence-corrected chi connectivity index (χ3v) is 5.65. The maximum Gasteiger partial charge on any atom is 0.490 e. The fourth-order valence-corrected chi connectivity index (χ4v) is 3.60. The lowest BCUT2D eigenvalue weighted by atomic mass is 9.98. The number of hydrogen-bond donors (Lipinski definition) is 3. The van der Waals surface area contributed by atoms with E-state index in [1.165, 1.54) is 14.2 Å². The molecule has 3 N–H and O–H groups in total. The second kappa shape index (κ2) is 14.7. The summed E-state index contributed by atoms with van der Waals surface area (Å²) >= 11 is 0. The first-order valence-electron chi connectivity index (χ1n) is 12.1. The highest BCUT2D eigenvalue weighted by atomic mass is 19.4. The molecule has 0 aliphatic heterocycles. The molecule has 2 aromatic carbocycles. The highest BCUT2D eigenvalue weighted by Crippen LogP contribution is 2.36. The number of aliphatic carboxylic acids is 1. The van der Waals surface area contributed by atoms with Crippen molar-refractivity contribution in [1.82, 2.24) is 15.6 Å². The molecule has 1 aromatic heterocycles. The lowest BCUT2D eigenvalue weighted by molar-refractivity contribution is -0.192. The Bertz CT molecular complexity index is 1410. The number of pyridine rings is 1. The van der Waals surface area contributed by atoms with Crippen LogP contribution in [0.2, 0.25) is 0 Å². The Morgan fingerprint density at radius 1 is 0.864 bits per heavy atom. The number of ether oxygens (including phenoxy) is 2. The van der Waals surface area contributed by atoms with Gasteiger partial charge in [-0.2, -0.15) is 39.5 Å². The van der Waals surface area contributed by atoms with Gasteiger partial charge in [0.25, 0.3) is 0 Å². The van der Waals surface area contributed by atoms with E-state index >= 15 is 0 Å². The Morgan fingerprint density at radius 2 is 1.45 bits per heavy atom. The van der Waals surface area contributed by atoms with Crippen LogP contribution in [0.25, 0.3) is 0 Å². The van der Waals surface area contributed by atoms with Gasteiger partial charge >= 0.3 is 30.5 Å². The molecule has 0 radical (unpaired) electrons. The average molecular weight is 641 g/mol. The van der Waals surface area contributed by atoms with Gasteiger partial charge in [0.1, 0.15) is 0 Å². The first kappa shape index (κ1) is 35.5. The molecule has 8 nitrogen and oxygen atoms in total. The molecule has 3 rings (SSSR count). The van der Waals surface area contributed by atoms with E-state index in [-0.39, 0.29) is 12.1 Å². The SMILES string of the molecule is COc1ccc(CCNC(=O)N[C@@H](c2ccc(C(F)(F)F)cc2)c2ncccc2C(F)(F)F)cc1OC.O=C(O)C(F)(F)F. The number of halogens is 9. The first-order valence-corrected chi connectivity index (χ1v) is 12.1. The predicted molar refractivity (Wildman–Crippen MR) is 136 cm³/mol. The summed E-state index contributed by atoms with van der Waals surface area (Å²) in [6, 6.07) is 8.21. The van der Waals surface area contributed by atoms with Crippen LogP contribution in [0.1, 0.15) is 34.0 Å². The second-order valence-corrected chi connectivity index (χ2v) is 8.63. The van der Waals surface area contributed by atoms with Gasteiger partial charge in [-0.25, -0.2) is 9.59 Å². The number of carbonyl (C=O) groups excluding carboxylic acids is 1. The monoisotopic (exact) mass is 641 g/mol. The van der Waals surface area contributed by atoms with Crippen LogP contribution in [0, 0.1) is 0 Å². The van der Waals surface area contributed by atoms with E-state index in [1.807, 2.05) is 0 Å². The summed E-state index contributed by atoms with van der Waals surface area (Å²) in [5.74, 6) is -1.75. The van der Waals surface area contributed by atoms with Gasteiger partial charge in [0.05, 0.1) is 37.1 Å². The summed E-state index contributed by atoms with van der Waals surface area (Å²) in [6.45, 7) is 0.107. The zero-order chi connectivity index (χ0) is 33.3. The maximum absolute atomic E-state index is 13.7. The molecule has 1 atom stereocenters. The summed E-state index contributed by atoms with van der Waals surface area (Å²) in [4.78, 5) is 25.3. The zero-order valence-electron chi connectivity index (χ0n) is 22.7. The van der Waals surface area contributed by atoms with Crippen molar-refractivity contribution in [2.45, 2.75) is 31.0 Å². The molecule has 1 heterocycles. The normalized spacial score (nSPS) is 12.3. The van der Waals surface area contributed by atoms with Gasteiger partial charge < -0.3 is 25.2 Å². The summed E-state index contributed by atoms with van der Waals surface area (Å²) in [6.07, 6.45) is -13.1. The Balaban J connectivity index is 0.000000860. The van der Waals surface area contributed by atoms with Crippen molar-refractivity contribution in [3.05, 3.63) is 88.7 Å². The van der Waals surface area contributed by atoms with E-state index in [9.17, 15) is 44.3 Å². The van der Waals surface area contributed by atoms with Crippen LogP contribution >= 0.6 is 0 Å². The fraction of sp³-hybridized carbons (Fsp3) is 0.296. The zero-order valence-corrected chi connectivity index (χ0v) is 22.7. The summed E-state index contributed by atoms with van der Waals surface area (Å²) < 4.78 is 122. The number of carboxylic acid groups (broad SMARTS) is 1. The Morgan fingerprint density at radius 3 is 1.95 bits per heavy atom. The molecule has 0 aliphatic rings. The molecule has 0 fully saturated rings. The topological polar surface area (TPSA) is 110 Å². The number of nitrogens with zero attached hydrogens (tertiary/aromatic N) is 1. The van der Waals surface area contributed by atoms with Crippen LogP contribution < -0.4 is 20.1 Å². The highest BCUT2D eigenvalue weighted by Gasteiger charge is 2.39. The summed E-state index contributed by atoms with van der Waals surface area (Å²) in [7, 11) is 2.96. The molecule has 0 saturated heterocycles. The molecule has 3 aromatic rings. The van der Waals surface area contributed by atoms with Crippen LogP contribution in [0.5, 0.6) is 11.5 Å². The average Bonchev–Trinajstić information content (AvgIpc) is 2.95.